The first-order chi connectivity index (χ1) is 8.70. The SMILES string of the molecule is Cc1ccc(Cl)c(OC2CCCCCC2CN)c1. The van der Waals surface area contributed by atoms with Crippen molar-refractivity contribution in [3.63, 3.8) is 0 Å². The summed E-state index contributed by atoms with van der Waals surface area (Å²) in [5, 5.41) is 0.695. The smallest absolute Gasteiger partial charge is 0.138 e. The molecular formula is C15H22ClNO. The van der Waals surface area contributed by atoms with Gasteiger partial charge in [-0.15, -0.1) is 0 Å². The normalized spacial score (nSPS) is 24.6. The molecule has 0 amide bonds. The number of rotatable bonds is 3. The van der Waals surface area contributed by atoms with E-state index in [4.69, 9.17) is 22.1 Å². The molecule has 1 aromatic rings. The first kappa shape index (κ1) is 13.7. The highest BCUT2D eigenvalue weighted by Crippen LogP contribution is 2.31. The van der Waals surface area contributed by atoms with Gasteiger partial charge in [0.05, 0.1) is 5.02 Å². The van der Waals surface area contributed by atoms with E-state index < -0.39 is 0 Å². The molecule has 2 unspecified atom stereocenters. The first-order valence-corrected chi connectivity index (χ1v) is 7.21. The predicted octanol–water partition coefficient (Wildman–Crippen LogP) is 3.93. The molecule has 100 valence electrons. The topological polar surface area (TPSA) is 35.2 Å². The maximum atomic E-state index is 6.19. The second-order valence-corrected chi connectivity index (χ2v) is 5.63. The molecule has 0 radical (unpaired) electrons. The van der Waals surface area contributed by atoms with Crippen molar-refractivity contribution in [3.05, 3.63) is 28.8 Å². The van der Waals surface area contributed by atoms with Gasteiger partial charge < -0.3 is 10.5 Å². The summed E-state index contributed by atoms with van der Waals surface area (Å²) in [6.45, 7) is 2.75. The van der Waals surface area contributed by atoms with Crippen LogP contribution in [0.4, 0.5) is 0 Å². The van der Waals surface area contributed by atoms with E-state index in [0.29, 0.717) is 17.5 Å². The average molecular weight is 268 g/mol. The summed E-state index contributed by atoms with van der Waals surface area (Å²) in [6, 6.07) is 5.92. The minimum Gasteiger partial charge on any atom is -0.489 e. The van der Waals surface area contributed by atoms with E-state index in [2.05, 4.69) is 6.92 Å². The van der Waals surface area contributed by atoms with Gasteiger partial charge in [0.25, 0.3) is 0 Å². The number of nitrogens with two attached hydrogens (primary N) is 1. The van der Waals surface area contributed by atoms with Gasteiger partial charge >= 0.3 is 0 Å². The zero-order valence-electron chi connectivity index (χ0n) is 11.0. The maximum absolute atomic E-state index is 6.19. The summed E-state index contributed by atoms with van der Waals surface area (Å²) in [7, 11) is 0. The van der Waals surface area contributed by atoms with Crippen molar-refractivity contribution < 1.29 is 4.74 Å². The molecule has 0 bridgehead atoms. The fourth-order valence-electron chi connectivity index (χ4n) is 2.64. The fourth-order valence-corrected chi connectivity index (χ4v) is 2.80. The number of hydrogen-bond acceptors (Lipinski definition) is 2. The van der Waals surface area contributed by atoms with E-state index >= 15 is 0 Å². The zero-order chi connectivity index (χ0) is 13.0. The molecule has 3 heteroatoms. The molecule has 0 aromatic heterocycles. The summed E-state index contributed by atoms with van der Waals surface area (Å²) in [5.41, 5.74) is 7.05. The molecule has 2 atom stereocenters. The van der Waals surface area contributed by atoms with Crippen LogP contribution in [0.5, 0.6) is 5.75 Å². The Balaban J connectivity index is 2.12. The zero-order valence-corrected chi connectivity index (χ0v) is 11.7. The Bertz CT molecular complexity index is 394. The highest BCUT2D eigenvalue weighted by atomic mass is 35.5. The van der Waals surface area contributed by atoms with Gasteiger partial charge in [0, 0.05) is 5.92 Å². The standard InChI is InChI=1S/C15H22ClNO/c1-11-7-8-13(16)15(9-11)18-14-6-4-2-3-5-12(14)10-17/h7-9,12,14H,2-6,10,17H2,1H3. The Kier molecular flexibility index (Phi) is 4.90. The summed E-state index contributed by atoms with van der Waals surface area (Å²) in [5.74, 6) is 1.27. The molecule has 2 N–H and O–H groups in total. The molecule has 18 heavy (non-hydrogen) atoms. The molecule has 0 saturated heterocycles. The quantitative estimate of drug-likeness (QED) is 0.842. The van der Waals surface area contributed by atoms with Crippen LogP contribution in [0.15, 0.2) is 18.2 Å². The van der Waals surface area contributed by atoms with Crippen LogP contribution < -0.4 is 10.5 Å². The Morgan fingerprint density at radius 1 is 1.28 bits per heavy atom. The largest absolute Gasteiger partial charge is 0.489 e. The Morgan fingerprint density at radius 2 is 2.06 bits per heavy atom. The molecule has 1 saturated carbocycles. The van der Waals surface area contributed by atoms with Crippen molar-refractivity contribution in [2.45, 2.75) is 45.1 Å². The fraction of sp³-hybridized carbons (Fsp3) is 0.600. The van der Waals surface area contributed by atoms with Crippen LogP contribution in [0.3, 0.4) is 0 Å². The van der Waals surface area contributed by atoms with Gasteiger partial charge in [-0.2, -0.15) is 0 Å². The lowest BCUT2D eigenvalue weighted by atomic mass is 9.97. The van der Waals surface area contributed by atoms with Crippen LogP contribution >= 0.6 is 11.6 Å². The molecule has 1 aliphatic rings. The molecule has 1 aliphatic carbocycles. The van der Waals surface area contributed by atoms with E-state index in [1.54, 1.807) is 0 Å². The number of benzene rings is 1. The summed E-state index contributed by atoms with van der Waals surface area (Å²) in [4.78, 5) is 0. The van der Waals surface area contributed by atoms with E-state index in [-0.39, 0.29) is 6.10 Å². The molecular weight excluding hydrogens is 246 g/mol. The lowest BCUT2D eigenvalue weighted by Crippen LogP contribution is -2.31. The summed E-state index contributed by atoms with van der Waals surface area (Å²) >= 11 is 6.19. The molecule has 0 spiro atoms. The van der Waals surface area contributed by atoms with Gasteiger partial charge in [-0.05, 0) is 50.4 Å². The van der Waals surface area contributed by atoms with Gasteiger partial charge in [-0.3, -0.25) is 0 Å². The highest BCUT2D eigenvalue weighted by Gasteiger charge is 2.24. The van der Waals surface area contributed by atoms with Crippen LogP contribution in [0, 0.1) is 12.8 Å². The first-order valence-electron chi connectivity index (χ1n) is 6.83. The van der Waals surface area contributed by atoms with Crippen molar-refractivity contribution >= 4 is 11.6 Å². The second kappa shape index (κ2) is 6.44. The molecule has 0 heterocycles. The van der Waals surface area contributed by atoms with Crippen molar-refractivity contribution in [2.75, 3.05) is 6.54 Å². The van der Waals surface area contributed by atoms with Crippen molar-refractivity contribution in [2.24, 2.45) is 11.7 Å². The van der Waals surface area contributed by atoms with Gasteiger partial charge in [-0.25, -0.2) is 0 Å². The van der Waals surface area contributed by atoms with Crippen molar-refractivity contribution in [1.29, 1.82) is 0 Å². The third kappa shape index (κ3) is 3.39. The van der Waals surface area contributed by atoms with Crippen LogP contribution in [0.1, 0.15) is 37.7 Å². The molecule has 1 fully saturated rings. The average Bonchev–Trinajstić information content (AvgIpc) is 2.59. The number of ether oxygens (including phenoxy) is 1. The molecule has 2 nitrogen and oxygen atoms in total. The highest BCUT2D eigenvalue weighted by molar-refractivity contribution is 6.32. The van der Waals surface area contributed by atoms with Crippen molar-refractivity contribution in [3.8, 4) is 5.75 Å². The van der Waals surface area contributed by atoms with Crippen LogP contribution in [-0.2, 0) is 0 Å². The van der Waals surface area contributed by atoms with Crippen LogP contribution in [0.2, 0.25) is 5.02 Å². The van der Waals surface area contributed by atoms with E-state index in [9.17, 15) is 0 Å². The van der Waals surface area contributed by atoms with Crippen LogP contribution in [-0.4, -0.2) is 12.6 Å². The van der Waals surface area contributed by atoms with E-state index in [1.165, 1.54) is 31.2 Å². The summed E-state index contributed by atoms with van der Waals surface area (Å²) < 4.78 is 6.14. The lowest BCUT2D eigenvalue weighted by molar-refractivity contribution is 0.130. The maximum Gasteiger partial charge on any atom is 0.138 e. The minimum atomic E-state index is 0.219. The third-order valence-corrected chi connectivity index (χ3v) is 4.07. The predicted molar refractivity (Wildman–Crippen MR) is 76.2 cm³/mol. The monoisotopic (exact) mass is 267 g/mol. The summed E-state index contributed by atoms with van der Waals surface area (Å²) in [6.07, 6.45) is 6.26. The Hall–Kier alpha value is -0.730. The van der Waals surface area contributed by atoms with E-state index in [1.807, 2.05) is 18.2 Å². The van der Waals surface area contributed by atoms with Gasteiger partial charge in [0.15, 0.2) is 0 Å². The van der Waals surface area contributed by atoms with Gasteiger partial charge in [-0.1, -0.05) is 30.5 Å². The van der Waals surface area contributed by atoms with Gasteiger partial charge in [0.2, 0.25) is 0 Å². The number of hydrogen-bond donors (Lipinski definition) is 1. The van der Waals surface area contributed by atoms with Gasteiger partial charge in [0.1, 0.15) is 11.9 Å². The lowest BCUT2D eigenvalue weighted by Gasteiger charge is -2.25. The van der Waals surface area contributed by atoms with Crippen molar-refractivity contribution in [1.82, 2.24) is 0 Å². The third-order valence-electron chi connectivity index (χ3n) is 3.76. The number of aryl methyl sites for hydroxylation is 1. The molecule has 0 aliphatic heterocycles. The Labute approximate surface area is 114 Å². The molecule has 1 aromatic carbocycles. The minimum absolute atomic E-state index is 0.219. The van der Waals surface area contributed by atoms with E-state index in [0.717, 1.165) is 12.2 Å². The molecule has 2 rings (SSSR count). The van der Waals surface area contributed by atoms with Crippen LogP contribution in [0.25, 0.3) is 0 Å². The number of halogens is 1. The Morgan fingerprint density at radius 3 is 2.83 bits per heavy atom. The second-order valence-electron chi connectivity index (χ2n) is 5.22.